The first-order valence-corrected chi connectivity index (χ1v) is 10.7. The highest BCUT2D eigenvalue weighted by atomic mass is 19.2. The Bertz CT molecular complexity index is 1070. The molecule has 11 heteroatoms. The van der Waals surface area contributed by atoms with E-state index < -0.39 is 28.3 Å². The number of amides is 1. The summed E-state index contributed by atoms with van der Waals surface area (Å²) in [4.78, 5) is 30.9. The largest absolute Gasteiger partial charge is 0.367 e. The zero-order valence-corrected chi connectivity index (χ0v) is 18.1. The molecule has 0 radical (unpaired) electrons. The van der Waals surface area contributed by atoms with Crippen LogP contribution in [-0.2, 0) is 0 Å². The molecule has 4 rings (SSSR count). The van der Waals surface area contributed by atoms with Crippen molar-refractivity contribution in [3.63, 3.8) is 0 Å². The summed E-state index contributed by atoms with van der Waals surface area (Å²) in [7, 11) is 1.98. The standard InChI is InChI=1S/C22H24F3N5O3/c1-26-4-6-27(7-5-26)19-14-20(21(30(32)33)13-18(19)25)28-8-10-29(11-9-28)22(31)15-2-3-16(23)17(24)12-15/h2-3,12-14H,4-11H2,1H3. The van der Waals surface area contributed by atoms with Gasteiger partial charge >= 0.3 is 0 Å². The summed E-state index contributed by atoms with van der Waals surface area (Å²) >= 11 is 0. The van der Waals surface area contributed by atoms with E-state index in [0.717, 1.165) is 31.3 Å². The average Bonchev–Trinajstić information content (AvgIpc) is 2.81. The Hall–Kier alpha value is -3.34. The van der Waals surface area contributed by atoms with Gasteiger partial charge in [-0.1, -0.05) is 0 Å². The molecule has 2 heterocycles. The number of hydrogen-bond donors (Lipinski definition) is 0. The quantitative estimate of drug-likeness (QED) is 0.513. The molecule has 0 N–H and O–H groups in total. The number of benzene rings is 2. The van der Waals surface area contributed by atoms with Crippen LogP contribution in [0.1, 0.15) is 10.4 Å². The van der Waals surface area contributed by atoms with Crippen LogP contribution in [0.15, 0.2) is 30.3 Å². The van der Waals surface area contributed by atoms with E-state index >= 15 is 0 Å². The average molecular weight is 463 g/mol. The van der Waals surface area contributed by atoms with E-state index in [2.05, 4.69) is 4.90 Å². The van der Waals surface area contributed by atoms with Crippen molar-refractivity contribution in [1.29, 1.82) is 0 Å². The van der Waals surface area contributed by atoms with Crippen LogP contribution in [0.4, 0.5) is 30.2 Å². The van der Waals surface area contributed by atoms with Gasteiger partial charge in [0.05, 0.1) is 16.7 Å². The monoisotopic (exact) mass is 463 g/mol. The number of likely N-dealkylation sites (N-methyl/N-ethyl adjacent to an activating group) is 1. The molecule has 2 fully saturated rings. The molecule has 0 spiro atoms. The first-order valence-electron chi connectivity index (χ1n) is 10.7. The molecule has 1 amide bonds. The molecule has 2 aromatic carbocycles. The van der Waals surface area contributed by atoms with Gasteiger partial charge < -0.3 is 19.6 Å². The molecule has 0 bridgehead atoms. The van der Waals surface area contributed by atoms with Gasteiger partial charge in [0.25, 0.3) is 11.6 Å². The molecule has 0 unspecified atom stereocenters. The van der Waals surface area contributed by atoms with E-state index in [1.54, 1.807) is 4.90 Å². The smallest absolute Gasteiger partial charge is 0.295 e. The van der Waals surface area contributed by atoms with Gasteiger partial charge in [-0.2, -0.15) is 0 Å². The van der Waals surface area contributed by atoms with Crippen LogP contribution >= 0.6 is 0 Å². The molecular weight excluding hydrogens is 439 g/mol. The maximum absolute atomic E-state index is 14.8. The maximum Gasteiger partial charge on any atom is 0.295 e. The fourth-order valence-electron chi connectivity index (χ4n) is 4.19. The number of carbonyl (C=O) groups is 1. The molecule has 33 heavy (non-hydrogen) atoms. The highest BCUT2D eigenvalue weighted by Crippen LogP contribution is 2.36. The number of halogens is 3. The Labute approximate surface area is 188 Å². The maximum atomic E-state index is 14.8. The highest BCUT2D eigenvalue weighted by Gasteiger charge is 2.30. The van der Waals surface area contributed by atoms with Gasteiger partial charge in [0, 0.05) is 57.9 Å². The lowest BCUT2D eigenvalue weighted by molar-refractivity contribution is -0.384. The Kier molecular flexibility index (Phi) is 6.41. The van der Waals surface area contributed by atoms with E-state index in [1.165, 1.54) is 17.0 Å². The number of hydrogen-bond acceptors (Lipinski definition) is 6. The van der Waals surface area contributed by atoms with Gasteiger partial charge in [0.1, 0.15) is 5.69 Å². The lowest BCUT2D eigenvalue weighted by atomic mass is 10.1. The van der Waals surface area contributed by atoms with Crippen LogP contribution < -0.4 is 9.80 Å². The molecule has 2 aromatic rings. The van der Waals surface area contributed by atoms with Crippen molar-refractivity contribution in [3.8, 4) is 0 Å². The number of nitro groups is 1. The summed E-state index contributed by atoms with van der Waals surface area (Å²) in [6.45, 7) is 3.77. The van der Waals surface area contributed by atoms with Gasteiger partial charge in [-0.05, 0) is 31.3 Å². The van der Waals surface area contributed by atoms with Crippen molar-refractivity contribution in [2.45, 2.75) is 0 Å². The lowest BCUT2D eigenvalue weighted by Gasteiger charge is -2.37. The summed E-state index contributed by atoms with van der Waals surface area (Å²) in [5, 5.41) is 11.6. The molecular formula is C22H24F3N5O3. The van der Waals surface area contributed by atoms with Crippen LogP contribution in [0.25, 0.3) is 0 Å². The van der Waals surface area contributed by atoms with Gasteiger partial charge in [-0.3, -0.25) is 14.9 Å². The molecule has 0 atom stereocenters. The third-order valence-corrected chi connectivity index (χ3v) is 6.16. The fourth-order valence-corrected chi connectivity index (χ4v) is 4.19. The van der Waals surface area contributed by atoms with Crippen LogP contribution in [0, 0.1) is 27.6 Å². The first kappa shape index (κ1) is 22.8. The zero-order valence-electron chi connectivity index (χ0n) is 18.1. The Morgan fingerprint density at radius 1 is 0.818 bits per heavy atom. The fraction of sp³-hybridized carbons (Fsp3) is 0.409. The molecule has 0 saturated carbocycles. The van der Waals surface area contributed by atoms with E-state index in [1.807, 2.05) is 11.9 Å². The topological polar surface area (TPSA) is 73.2 Å². The SMILES string of the molecule is CN1CCN(c2cc(N3CCN(C(=O)c4ccc(F)c(F)c4)CC3)c([N+](=O)[O-])cc2F)CC1. The van der Waals surface area contributed by atoms with Crippen molar-refractivity contribution in [3.05, 3.63) is 63.5 Å². The van der Waals surface area contributed by atoms with Crippen molar-refractivity contribution in [1.82, 2.24) is 9.80 Å². The Morgan fingerprint density at radius 2 is 1.42 bits per heavy atom. The number of carbonyl (C=O) groups excluding carboxylic acids is 1. The predicted octanol–water partition coefficient (Wildman–Crippen LogP) is 2.73. The van der Waals surface area contributed by atoms with Gasteiger partial charge in [0.15, 0.2) is 17.5 Å². The van der Waals surface area contributed by atoms with Gasteiger partial charge in [-0.25, -0.2) is 13.2 Å². The van der Waals surface area contributed by atoms with Crippen LogP contribution in [-0.4, -0.2) is 80.0 Å². The minimum absolute atomic E-state index is 0.0347. The molecule has 8 nitrogen and oxygen atoms in total. The molecule has 2 aliphatic heterocycles. The number of nitrogens with zero attached hydrogens (tertiary/aromatic N) is 5. The summed E-state index contributed by atoms with van der Waals surface area (Å²) in [5.74, 6) is -3.21. The zero-order chi connectivity index (χ0) is 23.7. The van der Waals surface area contributed by atoms with E-state index in [4.69, 9.17) is 0 Å². The number of nitro benzene ring substituents is 1. The van der Waals surface area contributed by atoms with Crippen LogP contribution in [0.3, 0.4) is 0 Å². The molecule has 2 aliphatic rings. The normalized spacial score (nSPS) is 17.4. The third-order valence-electron chi connectivity index (χ3n) is 6.16. The number of rotatable bonds is 4. The van der Waals surface area contributed by atoms with Crippen molar-refractivity contribution < 1.29 is 22.9 Å². The second-order valence-electron chi connectivity index (χ2n) is 8.25. The molecule has 2 saturated heterocycles. The minimum atomic E-state index is -1.10. The van der Waals surface area contributed by atoms with Gasteiger partial charge in [-0.15, -0.1) is 0 Å². The third kappa shape index (κ3) is 4.72. The first-order chi connectivity index (χ1) is 15.7. The molecule has 0 aromatic heterocycles. The predicted molar refractivity (Wildman–Crippen MR) is 117 cm³/mol. The van der Waals surface area contributed by atoms with E-state index in [9.17, 15) is 28.1 Å². The van der Waals surface area contributed by atoms with Crippen molar-refractivity contribution >= 4 is 23.0 Å². The summed E-state index contributed by atoms with van der Waals surface area (Å²) < 4.78 is 41.4. The second-order valence-corrected chi connectivity index (χ2v) is 8.25. The Morgan fingerprint density at radius 3 is 2.03 bits per heavy atom. The summed E-state index contributed by atoms with van der Waals surface area (Å²) in [6.07, 6.45) is 0. The van der Waals surface area contributed by atoms with E-state index in [-0.39, 0.29) is 37.4 Å². The van der Waals surface area contributed by atoms with Crippen molar-refractivity contribution in [2.24, 2.45) is 0 Å². The van der Waals surface area contributed by atoms with Crippen LogP contribution in [0.2, 0.25) is 0 Å². The number of anilines is 2. The minimum Gasteiger partial charge on any atom is -0.367 e. The molecule has 176 valence electrons. The number of piperazine rings is 2. The second kappa shape index (κ2) is 9.26. The Balaban J connectivity index is 1.53. The lowest BCUT2D eigenvalue weighted by Crippen LogP contribution is -2.49. The van der Waals surface area contributed by atoms with Gasteiger partial charge in [0.2, 0.25) is 0 Å². The van der Waals surface area contributed by atoms with Crippen molar-refractivity contribution in [2.75, 3.05) is 69.2 Å². The molecule has 0 aliphatic carbocycles. The van der Waals surface area contributed by atoms with E-state index in [0.29, 0.717) is 24.5 Å². The highest BCUT2D eigenvalue weighted by molar-refractivity contribution is 5.94. The van der Waals surface area contributed by atoms with Crippen LogP contribution in [0.5, 0.6) is 0 Å². The summed E-state index contributed by atoms with van der Waals surface area (Å²) in [6, 6.07) is 5.46. The summed E-state index contributed by atoms with van der Waals surface area (Å²) in [5.41, 5.74) is 0.331.